The lowest BCUT2D eigenvalue weighted by molar-refractivity contribution is -0.118. The first-order chi connectivity index (χ1) is 6.59. The van der Waals surface area contributed by atoms with Gasteiger partial charge in [-0.25, -0.2) is 0 Å². The first-order valence-electron chi connectivity index (χ1n) is 4.75. The third kappa shape index (κ3) is 3.22. The van der Waals surface area contributed by atoms with Crippen molar-refractivity contribution in [1.29, 1.82) is 0 Å². The van der Waals surface area contributed by atoms with E-state index >= 15 is 0 Å². The molecule has 1 aromatic rings. The zero-order valence-electron chi connectivity index (χ0n) is 8.66. The molecule has 0 aliphatic heterocycles. The Kier molecular flexibility index (Phi) is 3.71. The van der Waals surface area contributed by atoms with Gasteiger partial charge in [-0.1, -0.05) is 13.8 Å². The Morgan fingerprint density at radius 1 is 1.64 bits per heavy atom. The minimum atomic E-state index is -0.313. The van der Waals surface area contributed by atoms with Gasteiger partial charge < -0.3 is 15.6 Å². The van der Waals surface area contributed by atoms with Gasteiger partial charge in [0.25, 0.3) is 0 Å². The monoisotopic (exact) mass is 195 g/mol. The predicted molar refractivity (Wildman–Crippen MR) is 55.6 cm³/mol. The van der Waals surface area contributed by atoms with Crippen molar-refractivity contribution in [2.45, 2.75) is 33.0 Å². The Morgan fingerprint density at radius 2 is 2.36 bits per heavy atom. The third-order valence-corrected chi connectivity index (χ3v) is 1.94. The van der Waals surface area contributed by atoms with Gasteiger partial charge in [0, 0.05) is 24.5 Å². The van der Waals surface area contributed by atoms with Crippen LogP contribution in [0.3, 0.4) is 0 Å². The summed E-state index contributed by atoms with van der Waals surface area (Å²) in [7, 11) is 0. The van der Waals surface area contributed by atoms with Crippen LogP contribution in [0.1, 0.15) is 19.5 Å². The van der Waals surface area contributed by atoms with Crippen molar-refractivity contribution in [3.8, 4) is 0 Å². The molecule has 0 radical (unpaired) electrons. The van der Waals surface area contributed by atoms with Crippen LogP contribution in [0.4, 0.5) is 0 Å². The summed E-state index contributed by atoms with van der Waals surface area (Å²) in [5, 5.41) is 3.29. The predicted octanol–water partition coefficient (Wildman–Crippen LogP) is 0.471. The molecule has 0 spiro atoms. The third-order valence-electron chi connectivity index (χ3n) is 1.94. The number of carbonyl (C=O) groups excluding carboxylic acids is 1. The summed E-state index contributed by atoms with van der Waals surface area (Å²) in [6.07, 6.45) is 1.86. The quantitative estimate of drug-likeness (QED) is 0.717. The number of nitrogens with two attached hydrogens (primary N) is 1. The molecule has 0 unspecified atom stereocenters. The number of nitrogens with zero attached hydrogens (tertiary/aromatic N) is 1. The summed E-state index contributed by atoms with van der Waals surface area (Å²) in [5.74, 6) is -0.313. The lowest BCUT2D eigenvalue weighted by atomic mass is 10.3. The Labute approximate surface area is 84.1 Å². The summed E-state index contributed by atoms with van der Waals surface area (Å²) in [6.45, 7) is 5.18. The second-order valence-electron chi connectivity index (χ2n) is 3.63. The molecule has 4 heteroatoms. The number of hydrogen-bond donors (Lipinski definition) is 2. The van der Waals surface area contributed by atoms with Gasteiger partial charge in [0.1, 0.15) is 6.54 Å². The standard InChI is InChI=1S/C10H17N3O/c1-8(2)12-6-9-4-3-5-13(9)7-10(11)14/h3-5,8,12H,6-7H2,1-2H3,(H2,11,14). The highest BCUT2D eigenvalue weighted by Gasteiger charge is 2.03. The summed E-state index contributed by atoms with van der Waals surface area (Å²) in [4.78, 5) is 10.7. The largest absolute Gasteiger partial charge is 0.368 e. The van der Waals surface area contributed by atoms with Crippen molar-refractivity contribution in [3.63, 3.8) is 0 Å². The molecule has 78 valence electrons. The molecular formula is C10H17N3O. The van der Waals surface area contributed by atoms with E-state index in [4.69, 9.17) is 5.73 Å². The fourth-order valence-electron chi connectivity index (χ4n) is 1.24. The lowest BCUT2D eigenvalue weighted by Crippen LogP contribution is -2.25. The van der Waals surface area contributed by atoms with Crippen molar-refractivity contribution >= 4 is 5.91 Å². The van der Waals surface area contributed by atoms with Crippen LogP contribution in [0.5, 0.6) is 0 Å². The fourth-order valence-corrected chi connectivity index (χ4v) is 1.24. The Bertz CT molecular complexity index is 304. The molecule has 0 fully saturated rings. The first-order valence-corrected chi connectivity index (χ1v) is 4.75. The van der Waals surface area contributed by atoms with Crippen LogP contribution in [0, 0.1) is 0 Å². The zero-order chi connectivity index (χ0) is 10.6. The van der Waals surface area contributed by atoms with E-state index in [1.807, 2.05) is 22.9 Å². The molecule has 0 saturated carbocycles. The number of carbonyl (C=O) groups is 1. The molecule has 1 rings (SSSR count). The summed E-state index contributed by atoms with van der Waals surface area (Å²) in [6, 6.07) is 4.34. The minimum Gasteiger partial charge on any atom is -0.368 e. The molecule has 3 N–H and O–H groups in total. The number of rotatable bonds is 5. The van der Waals surface area contributed by atoms with Gasteiger partial charge in [0.2, 0.25) is 5.91 Å². The van der Waals surface area contributed by atoms with Gasteiger partial charge in [0.15, 0.2) is 0 Å². The van der Waals surface area contributed by atoms with E-state index in [-0.39, 0.29) is 12.5 Å². The fraction of sp³-hybridized carbons (Fsp3) is 0.500. The molecule has 0 aromatic carbocycles. The summed E-state index contributed by atoms with van der Waals surface area (Å²) in [5.41, 5.74) is 6.21. The Hall–Kier alpha value is -1.29. The molecule has 4 nitrogen and oxygen atoms in total. The van der Waals surface area contributed by atoms with E-state index in [1.54, 1.807) is 0 Å². The van der Waals surface area contributed by atoms with Crippen LogP contribution >= 0.6 is 0 Å². The van der Waals surface area contributed by atoms with E-state index in [0.29, 0.717) is 6.04 Å². The second kappa shape index (κ2) is 4.81. The zero-order valence-corrected chi connectivity index (χ0v) is 8.66. The van der Waals surface area contributed by atoms with Crippen molar-refractivity contribution in [1.82, 2.24) is 9.88 Å². The van der Waals surface area contributed by atoms with Gasteiger partial charge in [0.05, 0.1) is 0 Å². The molecule has 0 aliphatic carbocycles. The molecule has 1 heterocycles. The van der Waals surface area contributed by atoms with Gasteiger partial charge in [-0.15, -0.1) is 0 Å². The van der Waals surface area contributed by atoms with E-state index in [1.165, 1.54) is 0 Å². The molecule has 0 bridgehead atoms. The van der Waals surface area contributed by atoms with Gasteiger partial charge in [-0.2, -0.15) is 0 Å². The molecule has 0 atom stereocenters. The molecular weight excluding hydrogens is 178 g/mol. The summed E-state index contributed by atoms with van der Waals surface area (Å²) >= 11 is 0. The van der Waals surface area contributed by atoms with Gasteiger partial charge in [-0.05, 0) is 12.1 Å². The molecule has 0 aliphatic rings. The number of hydrogen-bond acceptors (Lipinski definition) is 2. The Balaban J connectivity index is 2.58. The van der Waals surface area contributed by atoms with Crippen LogP contribution in [0.15, 0.2) is 18.3 Å². The van der Waals surface area contributed by atoms with Gasteiger partial charge >= 0.3 is 0 Å². The van der Waals surface area contributed by atoms with Crippen molar-refractivity contribution in [3.05, 3.63) is 24.0 Å². The second-order valence-corrected chi connectivity index (χ2v) is 3.63. The van der Waals surface area contributed by atoms with E-state index in [0.717, 1.165) is 12.2 Å². The summed E-state index contributed by atoms with van der Waals surface area (Å²) < 4.78 is 1.86. The smallest absolute Gasteiger partial charge is 0.237 e. The van der Waals surface area contributed by atoms with Crippen molar-refractivity contribution in [2.75, 3.05) is 0 Å². The minimum absolute atomic E-state index is 0.252. The number of amides is 1. The SMILES string of the molecule is CC(C)NCc1cccn1CC(N)=O. The molecule has 1 amide bonds. The van der Waals surface area contributed by atoms with Crippen LogP contribution in [-0.4, -0.2) is 16.5 Å². The van der Waals surface area contributed by atoms with Crippen LogP contribution in [0.2, 0.25) is 0 Å². The van der Waals surface area contributed by atoms with E-state index in [2.05, 4.69) is 19.2 Å². The average Bonchev–Trinajstić information content (AvgIpc) is 2.47. The van der Waals surface area contributed by atoms with E-state index in [9.17, 15) is 4.79 Å². The number of nitrogens with one attached hydrogen (secondary N) is 1. The molecule has 14 heavy (non-hydrogen) atoms. The van der Waals surface area contributed by atoms with E-state index < -0.39 is 0 Å². The molecule has 1 aromatic heterocycles. The van der Waals surface area contributed by atoms with Crippen molar-refractivity contribution < 1.29 is 4.79 Å². The normalized spacial score (nSPS) is 10.8. The maximum Gasteiger partial charge on any atom is 0.237 e. The lowest BCUT2D eigenvalue weighted by Gasteiger charge is -2.10. The number of primary amides is 1. The van der Waals surface area contributed by atoms with Crippen LogP contribution in [0.25, 0.3) is 0 Å². The van der Waals surface area contributed by atoms with Crippen LogP contribution in [-0.2, 0) is 17.9 Å². The number of aromatic nitrogens is 1. The maximum atomic E-state index is 10.7. The average molecular weight is 195 g/mol. The highest BCUT2D eigenvalue weighted by Crippen LogP contribution is 2.01. The maximum absolute atomic E-state index is 10.7. The first kappa shape index (κ1) is 10.8. The van der Waals surface area contributed by atoms with Crippen molar-refractivity contribution in [2.24, 2.45) is 5.73 Å². The molecule has 0 saturated heterocycles. The van der Waals surface area contributed by atoms with Crippen LogP contribution < -0.4 is 11.1 Å². The highest BCUT2D eigenvalue weighted by atomic mass is 16.1. The topological polar surface area (TPSA) is 60.1 Å². The van der Waals surface area contributed by atoms with Gasteiger partial charge in [-0.3, -0.25) is 4.79 Å². The Morgan fingerprint density at radius 3 is 2.93 bits per heavy atom. The highest BCUT2D eigenvalue weighted by molar-refractivity contribution is 5.73.